The Morgan fingerprint density at radius 3 is 2.48 bits per heavy atom. The molecule has 0 atom stereocenters. The van der Waals surface area contributed by atoms with E-state index >= 15 is 0 Å². The largest absolute Gasteiger partial charge is 0.253 e. The van der Waals surface area contributed by atoms with Gasteiger partial charge in [-0.15, -0.1) is 0 Å². The zero-order valence-corrected chi connectivity index (χ0v) is 12.9. The minimum Gasteiger partial charge on any atom is -0.207 e. The third-order valence-electron chi connectivity index (χ3n) is 3.50. The first-order valence-corrected chi connectivity index (χ1v) is 7.43. The number of fused-ring (bicyclic) bond motifs is 1. The van der Waals surface area contributed by atoms with Gasteiger partial charge in [0.15, 0.2) is 0 Å². The van der Waals surface area contributed by atoms with Gasteiger partial charge < -0.3 is 0 Å². The first kappa shape index (κ1) is 15.7. The number of hydrogen-bond acceptors (Lipinski definition) is 3. The van der Waals surface area contributed by atoms with Crippen molar-refractivity contribution in [2.45, 2.75) is 26.2 Å². The fourth-order valence-corrected chi connectivity index (χ4v) is 2.75. The maximum atomic E-state index is 14.2. The quantitative estimate of drug-likeness (QED) is 0.668. The SMILES string of the molecule is CCCCc1c(-c2c(F)cc(F)cc2F)c(Cl)nc2ncnn12. The first-order chi connectivity index (χ1) is 11.0. The van der Waals surface area contributed by atoms with Gasteiger partial charge in [-0.05, 0) is 12.8 Å². The van der Waals surface area contributed by atoms with Crippen LogP contribution in [0.1, 0.15) is 25.5 Å². The van der Waals surface area contributed by atoms with Crippen LogP contribution in [-0.2, 0) is 6.42 Å². The molecule has 0 amide bonds. The highest BCUT2D eigenvalue weighted by Gasteiger charge is 2.23. The summed E-state index contributed by atoms with van der Waals surface area (Å²) in [6, 6.07) is 1.23. The van der Waals surface area contributed by atoms with Crippen LogP contribution in [0.4, 0.5) is 13.2 Å². The Kier molecular flexibility index (Phi) is 4.21. The molecular weight excluding hydrogens is 329 g/mol. The molecule has 3 rings (SSSR count). The molecule has 0 aliphatic heterocycles. The molecule has 2 heterocycles. The second kappa shape index (κ2) is 6.16. The molecule has 0 fully saturated rings. The van der Waals surface area contributed by atoms with Crippen LogP contribution < -0.4 is 0 Å². The minimum absolute atomic E-state index is 0.0770. The van der Waals surface area contributed by atoms with Gasteiger partial charge in [-0.25, -0.2) is 17.7 Å². The van der Waals surface area contributed by atoms with Gasteiger partial charge in [-0.3, -0.25) is 0 Å². The maximum absolute atomic E-state index is 14.2. The number of unbranched alkanes of at least 4 members (excludes halogenated alkanes) is 1. The molecule has 3 aromatic rings. The number of hydrogen-bond donors (Lipinski definition) is 0. The van der Waals surface area contributed by atoms with Gasteiger partial charge in [-0.2, -0.15) is 15.1 Å². The first-order valence-electron chi connectivity index (χ1n) is 7.06. The molecule has 8 heteroatoms. The summed E-state index contributed by atoms with van der Waals surface area (Å²) in [6.07, 6.45) is 3.39. The molecule has 0 bridgehead atoms. The van der Waals surface area contributed by atoms with Gasteiger partial charge in [0.1, 0.15) is 28.9 Å². The standard InChI is InChI=1S/C15H12ClF3N4/c1-2-3-4-11-13(12-9(18)5-8(17)6-10(12)19)14(16)22-15-20-7-21-23(11)15/h5-7H,2-4H2,1H3. The van der Waals surface area contributed by atoms with E-state index in [1.807, 2.05) is 6.92 Å². The second-order valence-electron chi connectivity index (χ2n) is 5.04. The van der Waals surface area contributed by atoms with Crippen LogP contribution >= 0.6 is 11.6 Å². The van der Waals surface area contributed by atoms with Crippen molar-refractivity contribution in [3.8, 4) is 11.1 Å². The Morgan fingerprint density at radius 1 is 1.13 bits per heavy atom. The zero-order chi connectivity index (χ0) is 16.6. The zero-order valence-electron chi connectivity index (χ0n) is 12.2. The Balaban J connectivity index is 2.34. The van der Waals surface area contributed by atoms with Crippen LogP contribution in [0.25, 0.3) is 16.9 Å². The molecule has 4 nitrogen and oxygen atoms in total. The van der Waals surface area contributed by atoms with E-state index in [4.69, 9.17) is 11.6 Å². The van der Waals surface area contributed by atoms with Gasteiger partial charge in [-0.1, -0.05) is 24.9 Å². The maximum Gasteiger partial charge on any atom is 0.253 e. The molecule has 0 radical (unpaired) electrons. The van der Waals surface area contributed by atoms with Crippen LogP contribution in [0.3, 0.4) is 0 Å². The number of benzene rings is 1. The van der Waals surface area contributed by atoms with Crippen molar-refractivity contribution in [3.63, 3.8) is 0 Å². The minimum atomic E-state index is -1.04. The highest BCUT2D eigenvalue weighted by atomic mass is 35.5. The van der Waals surface area contributed by atoms with Gasteiger partial charge in [0, 0.05) is 17.7 Å². The van der Waals surface area contributed by atoms with Crippen molar-refractivity contribution in [3.05, 3.63) is 46.8 Å². The highest BCUT2D eigenvalue weighted by Crippen LogP contribution is 2.35. The fourth-order valence-electron chi connectivity index (χ4n) is 2.47. The Morgan fingerprint density at radius 2 is 1.83 bits per heavy atom. The topological polar surface area (TPSA) is 43.1 Å². The molecule has 0 saturated carbocycles. The molecule has 0 aliphatic carbocycles. The molecule has 1 aromatic carbocycles. The number of rotatable bonds is 4. The summed E-state index contributed by atoms with van der Waals surface area (Å²) >= 11 is 6.14. The molecule has 2 aromatic heterocycles. The van der Waals surface area contributed by atoms with Crippen molar-refractivity contribution in [2.24, 2.45) is 0 Å². The van der Waals surface area contributed by atoms with E-state index in [0.717, 1.165) is 12.8 Å². The van der Waals surface area contributed by atoms with Crippen molar-refractivity contribution < 1.29 is 13.2 Å². The van der Waals surface area contributed by atoms with Crippen molar-refractivity contribution in [2.75, 3.05) is 0 Å². The van der Waals surface area contributed by atoms with Gasteiger partial charge in [0.2, 0.25) is 0 Å². The van der Waals surface area contributed by atoms with Gasteiger partial charge >= 0.3 is 0 Å². The summed E-state index contributed by atoms with van der Waals surface area (Å²) in [6.45, 7) is 1.99. The third kappa shape index (κ3) is 2.76. The molecule has 0 unspecified atom stereocenters. The average Bonchev–Trinajstić information content (AvgIpc) is 2.93. The van der Waals surface area contributed by atoms with E-state index in [1.54, 1.807) is 0 Å². The fraction of sp³-hybridized carbons (Fsp3) is 0.267. The lowest BCUT2D eigenvalue weighted by Gasteiger charge is -2.14. The van der Waals surface area contributed by atoms with Crippen molar-refractivity contribution in [1.29, 1.82) is 0 Å². The van der Waals surface area contributed by atoms with E-state index in [0.29, 0.717) is 24.2 Å². The second-order valence-corrected chi connectivity index (χ2v) is 5.40. The Hall–Kier alpha value is -2.15. The predicted molar refractivity (Wildman–Crippen MR) is 79.7 cm³/mol. The molecule has 0 saturated heterocycles. The van der Waals surface area contributed by atoms with Crippen LogP contribution in [0.15, 0.2) is 18.5 Å². The molecule has 23 heavy (non-hydrogen) atoms. The Labute approximate surface area is 134 Å². The summed E-state index contributed by atoms with van der Waals surface area (Å²) in [4.78, 5) is 7.96. The van der Waals surface area contributed by atoms with Crippen molar-refractivity contribution >= 4 is 17.4 Å². The van der Waals surface area contributed by atoms with E-state index in [1.165, 1.54) is 10.8 Å². The summed E-state index contributed by atoms with van der Waals surface area (Å²) < 4.78 is 43.0. The summed E-state index contributed by atoms with van der Waals surface area (Å²) in [5.41, 5.74) is 0.157. The Bertz CT molecular complexity index is 856. The van der Waals surface area contributed by atoms with Crippen LogP contribution in [0, 0.1) is 17.5 Å². The van der Waals surface area contributed by atoms with Crippen LogP contribution in [0.5, 0.6) is 0 Å². The lowest BCUT2D eigenvalue weighted by atomic mass is 10.0. The summed E-state index contributed by atoms with van der Waals surface area (Å²) in [5, 5.41) is 3.94. The number of halogens is 4. The van der Waals surface area contributed by atoms with E-state index in [-0.39, 0.29) is 16.5 Å². The number of aromatic nitrogens is 4. The molecule has 0 N–H and O–H groups in total. The monoisotopic (exact) mass is 340 g/mol. The molecule has 0 aliphatic rings. The molecule has 0 spiro atoms. The van der Waals surface area contributed by atoms with Crippen LogP contribution in [-0.4, -0.2) is 19.6 Å². The lowest BCUT2D eigenvalue weighted by Crippen LogP contribution is -2.07. The number of nitrogens with zero attached hydrogens (tertiary/aromatic N) is 4. The summed E-state index contributed by atoms with van der Waals surface area (Å²) in [7, 11) is 0. The third-order valence-corrected chi connectivity index (χ3v) is 3.78. The molecular formula is C15H12ClF3N4. The van der Waals surface area contributed by atoms with Crippen molar-refractivity contribution in [1.82, 2.24) is 19.6 Å². The van der Waals surface area contributed by atoms with Gasteiger partial charge in [0.05, 0.1) is 11.3 Å². The smallest absolute Gasteiger partial charge is 0.207 e. The highest BCUT2D eigenvalue weighted by molar-refractivity contribution is 6.32. The van der Waals surface area contributed by atoms with Gasteiger partial charge in [0.25, 0.3) is 5.78 Å². The van der Waals surface area contributed by atoms with E-state index < -0.39 is 23.0 Å². The lowest BCUT2D eigenvalue weighted by molar-refractivity contribution is 0.547. The van der Waals surface area contributed by atoms with E-state index in [9.17, 15) is 13.2 Å². The normalized spacial score (nSPS) is 11.3. The average molecular weight is 341 g/mol. The molecule has 120 valence electrons. The van der Waals surface area contributed by atoms with E-state index in [2.05, 4.69) is 15.1 Å². The van der Waals surface area contributed by atoms with Crippen LogP contribution in [0.2, 0.25) is 5.15 Å². The number of aryl methyl sites for hydroxylation is 1. The predicted octanol–water partition coefficient (Wildman–Crippen LogP) is 4.20. The summed E-state index contributed by atoms with van der Waals surface area (Å²) in [5.74, 6) is -2.83.